The Morgan fingerprint density at radius 1 is 1.44 bits per heavy atom. The molecule has 0 bridgehead atoms. The number of hydrogen-bond donors (Lipinski definition) is 1. The van der Waals surface area contributed by atoms with Gasteiger partial charge in [0.25, 0.3) is 5.91 Å². The minimum Gasteiger partial charge on any atom is -0.349 e. The molecule has 1 aromatic rings. The summed E-state index contributed by atoms with van der Waals surface area (Å²) in [7, 11) is 0. The average Bonchev–Trinajstić information content (AvgIpc) is 2.13. The second-order valence-corrected chi connectivity index (χ2v) is 4.73. The highest BCUT2D eigenvalue weighted by Gasteiger charge is 2.30. The van der Waals surface area contributed by atoms with Crippen LogP contribution >= 0.6 is 15.9 Å². The molecule has 0 aliphatic carbocycles. The number of carbonyl (C=O) groups excluding carboxylic acids is 1. The zero-order chi connectivity index (χ0) is 13.9. The van der Waals surface area contributed by atoms with Crippen LogP contribution in [0.25, 0.3) is 0 Å². The van der Waals surface area contributed by atoms with Gasteiger partial charge in [-0.2, -0.15) is 13.2 Å². The molecule has 2 nitrogen and oxygen atoms in total. The van der Waals surface area contributed by atoms with Gasteiger partial charge >= 0.3 is 6.18 Å². The normalized spacial score (nSPS) is 13.2. The molecule has 18 heavy (non-hydrogen) atoms. The summed E-state index contributed by atoms with van der Waals surface area (Å²) in [6.45, 7) is 1.21. The fourth-order valence-corrected chi connectivity index (χ4v) is 1.71. The Labute approximate surface area is 109 Å². The van der Waals surface area contributed by atoms with E-state index in [9.17, 15) is 22.4 Å². The van der Waals surface area contributed by atoms with E-state index in [-0.39, 0.29) is 5.56 Å². The molecule has 1 rings (SSSR count). The molecule has 0 aliphatic heterocycles. The Balaban J connectivity index is 2.71. The molecule has 1 N–H and O–H groups in total. The van der Waals surface area contributed by atoms with Crippen molar-refractivity contribution < 1.29 is 22.4 Å². The van der Waals surface area contributed by atoms with Crippen molar-refractivity contribution in [2.45, 2.75) is 25.6 Å². The van der Waals surface area contributed by atoms with Crippen LogP contribution < -0.4 is 5.32 Å². The van der Waals surface area contributed by atoms with Crippen molar-refractivity contribution in [3.8, 4) is 0 Å². The molecular formula is C11H10BrF4NO. The summed E-state index contributed by atoms with van der Waals surface area (Å²) < 4.78 is 50.0. The number of hydrogen-bond acceptors (Lipinski definition) is 1. The Morgan fingerprint density at radius 2 is 2.06 bits per heavy atom. The summed E-state index contributed by atoms with van der Waals surface area (Å²) in [6, 6.07) is 2.60. The Morgan fingerprint density at radius 3 is 2.56 bits per heavy atom. The Kier molecular flexibility index (Phi) is 4.72. The smallest absolute Gasteiger partial charge is 0.349 e. The molecule has 7 heteroatoms. The summed E-state index contributed by atoms with van der Waals surface area (Å²) in [6.07, 6.45) is -5.53. The maximum absolute atomic E-state index is 13.4. The van der Waals surface area contributed by atoms with Crippen molar-refractivity contribution in [1.82, 2.24) is 5.32 Å². The molecular weight excluding hydrogens is 318 g/mol. The zero-order valence-corrected chi connectivity index (χ0v) is 10.9. The lowest BCUT2D eigenvalue weighted by Crippen LogP contribution is -2.36. The lowest BCUT2D eigenvalue weighted by atomic mass is 10.1. The summed E-state index contributed by atoms with van der Waals surface area (Å²) in [4.78, 5) is 11.5. The second kappa shape index (κ2) is 5.69. The summed E-state index contributed by atoms with van der Waals surface area (Å²) in [5, 5.41) is 2.10. The van der Waals surface area contributed by atoms with Crippen molar-refractivity contribution in [2.75, 3.05) is 0 Å². The second-order valence-electron chi connectivity index (χ2n) is 3.82. The lowest BCUT2D eigenvalue weighted by Gasteiger charge is -2.16. The van der Waals surface area contributed by atoms with Gasteiger partial charge in [-0.1, -0.05) is 15.9 Å². The quantitative estimate of drug-likeness (QED) is 0.843. The van der Waals surface area contributed by atoms with E-state index in [1.165, 1.54) is 19.1 Å². The van der Waals surface area contributed by atoms with Gasteiger partial charge in [0.05, 0.1) is 12.0 Å². The van der Waals surface area contributed by atoms with Crippen molar-refractivity contribution in [3.05, 3.63) is 34.1 Å². The maximum atomic E-state index is 13.4. The first kappa shape index (κ1) is 14.9. The fourth-order valence-electron chi connectivity index (χ4n) is 1.37. The number of alkyl halides is 3. The number of benzene rings is 1. The average molecular weight is 328 g/mol. The summed E-state index contributed by atoms with van der Waals surface area (Å²) in [5.74, 6) is -1.65. The highest BCUT2D eigenvalue weighted by Crippen LogP contribution is 2.22. The first-order valence-corrected chi connectivity index (χ1v) is 5.81. The van der Waals surface area contributed by atoms with Gasteiger partial charge in [-0.3, -0.25) is 4.79 Å². The molecule has 1 atom stereocenters. The van der Waals surface area contributed by atoms with Crippen LogP contribution in [0.4, 0.5) is 17.6 Å². The molecule has 0 aromatic heterocycles. The molecule has 0 heterocycles. The van der Waals surface area contributed by atoms with E-state index in [0.29, 0.717) is 4.47 Å². The van der Waals surface area contributed by atoms with Crippen molar-refractivity contribution >= 4 is 21.8 Å². The number of amides is 1. The van der Waals surface area contributed by atoms with Gasteiger partial charge in [0.15, 0.2) is 0 Å². The van der Waals surface area contributed by atoms with Gasteiger partial charge in [-0.05, 0) is 25.1 Å². The Bertz CT molecular complexity index is 447. The van der Waals surface area contributed by atoms with E-state index in [1.54, 1.807) is 0 Å². The largest absolute Gasteiger partial charge is 0.391 e. The molecule has 0 spiro atoms. The highest BCUT2D eigenvalue weighted by molar-refractivity contribution is 9.10. The van der Waals surface area contributed by atoms with E-state index in [2.05, 4.69) is 21.2 Å². The topological polar surface area (TPSA) is 29.1 Å². The molecule has 1 aromatic carbocycles. The predicted octanol–water partition coefficient (Wildman–Crippen LogP) is 3.66. The third-order valence-corrected chi connectivity index (χ3v) is 2.58. The first-order chi connectivity index (χ1) is 8.19. The third kappa shape index (κ3) is 4.64. The molecule has 100 valence electrons. The third-order valence-electron chi connectivity index (χ3n) is 2.09. The van der Waals surface area contributed by atoms with Crippen LogP contribution in [0.5, 0.6) is 0 Å². The van der Waals surface area contributed by atoms with Crippen molar-refractivity contribution in [3.63, 3.8) is 0 Å². The van der Waals surface area contributed by atoms with Crippen LogP contribution in [0, 0.1) is 5.82 Å². The van der Waals surface area contributed by atoms with Crippen LogP contribution in [0.2, 0.25) is 0 Å². The van der Waals surface area contributed by atoms with Crippen LogP contribution in [0.3, 0.4) is 0 Å². The highest BCUT2D eigenvalue weighted by atomic mass is 79.9. The Hall–Kier alpha value is -1.11. The number of rotatable bonds is 3. The number of halogens is 5. The monoisotopic (exact) mass is 327 g/mol. The van der Waals surface area contributed by atoms with Crippen LogP contribution in [0.15, 0.2) is 22.7 Å². The maximum Gasteiger partial charge on any atom is 0.391 e. The number of carbonyl (C=O) groups is 1. The van der Waals surface area contributed by atoms with E-state index in [1.807, 2.05) is 0 Å². The summed E-state index contributed by atoms with van der Waals surface area (Å²) >= 11 is 3.02. The molecule has 0 fully saturated rings. The van der Waals surface area contributed by atoms with Gasteiger partial charge in [-0.15, -0.1) is 0 Å². The molecule has 0 saturated carbocycles. The van der Waals surface area contributed by atoms with Gasteiger partial charge in [-0.25, -0.2) is 4.39 Å². The van der Waals surface area contributed by atoms with Crippen LogP contribution in [-0.2, 0) is 0 Å². The summed E-state index contributed by atoms with van der Waals surface area (Å²) in [5.41, 5.74) is -0.285. The van der Waals surface area contributed by atoms with Gasteiger partial charge in [0.1, 0.15) is 5.82 Å². The van der Waals surface area contributed by atoms with Crippen LogP contribution in [0.1, 0.15) is 23.7 Å². The minimum absolute atomic E-state index is 0.285. The predicted molar refractivity (Wildman–Crippen MR) is 61.7 cm³/mol. The van der Waals surface area contributed by atoms with Crippen molar-refractivity contribution in [1.29, 1.82) is 0 Å². The van der Waals surface area contributed by atoms with Gasteiger partial charge in [0, 0.05) is 10.5 Å². The molecule has 1 unspecified atom stereocenters. The van der Waals surface area contributed by atoms with E-state index in [4.69, 9.17) is 0 Å². The first-order valence-electron chi connectivity index (χ1n) is 5.01. The molecule has 0 radical (unpaired) electrons. The van der Waals surface area contributed by atoms with E-state index >= 15 is 0 Å². The van der Waals surface area contributed by atoms with E-state index in [0.717, 1.165) is 6.07 Å². The van der Waals surface area contributed by atoms with Crippen molar-refractivity contribution in [2.24, 2.45) is 0 Å². The standard InChI is InChI=1S/C11H10BrF4NO/c1-6(5-11(14,15)16)17-10(18)8-3-2-7(12)4-9(8)13/h2-4,6H,5H2,1H3,(H,17,18). The molecule has 0 saturated heterocycles. The molecule has 0 aliphatic rings. The molecule has 1 amide bonds. The zero-order valence-electron chi connectivity index (χ0n) is 9.31. The van der Waals surface area contributed by atoms with Crippen LogP contribution in [-0.4, -0.2) is 18.1 Å². The SMILES string of the molecule is CC(CC(F)(F)F)NC(=O)c1ccc(Br)cc1F. The van der Waals surface area contributed by atoms with Gasteiger partial charge < -0.3 is 5.32 Å². The van der Waals surface area contributed by atoms with Gasteiger partial charge in [0.2, 0.25) is 0 Å². The van der Waals surface area contributed by atoms with E-state index < -0.39 is 30.4 Å². The minimum atomic E-state index is -4.37. The number of nitrogens with one attached hydrogen (secondary N) is 1. The lowest BCUT2D eigenvalue weighted by molar-refractivity contribution is -0.138. The fraction of sp³-hybridized carbons (Fsp3) is 0.364.